The summed E-state index contributed by atoms with van der Waals surface area (Å²) in [6.07, 6.45) is 0. The van der Waals surface area contributed by atoms with Crippen LogP contribution in [0.5, 0.6) is 0 Å². The van der Waals surface area contributed by atoms with Crippen molar-refractivity contribution < 1.29 is 0 Å². The highest BCUT2D eigenvalue weighted by Crippen LogP contribution is 2.41. The van der Waals surface area contributed by atoms with Gasteiger partial charge in [0.1, 0.15) is 0 Å². The molecule has 0 amide bonds. The zero-order valence-electron chi connectivity index (χ0n) is 17.4. The third-order valence-corrected chi connectivity index (χ3v) is 6.15. The fourth-order valence-corrected chi connectivity index (χ4v) is 4.66. The molecule has 0 saturated heterocycles. The maximum atomic E-state index is 2.39. The molecule has 2 nitrogen and oxygen atoms in total. The minimum absolute atomic E-state index is 1.18. The SMILES string of the molecule is CN(c1ccccc1)c1cccc2c1c1cc3ccccc3cc1n2-c1ccccc1. The lowest BCUT2D eigenvalue weighted by Gasteiger charge is -2.21. The predicted octanol–water partition coefficient (Wildman–Crippen LogP) is 7.70. The summed E-state index contributed by atoms with van der Waals surface area (Å²) < 4.78 is 2.39. The molecule has 0 aliphatic rings. The van der Waals surface area contributed by atoms with Gasteiger partial charge in [-0.2, -0.15) is 0 Å². The van der Waals surface area contributed by atoms with Gasteiger partial charge < -0.3 is 9.47 Å². The first kappa shape index (κ1) is 17.8. The van der Waals surface area contributed by atoms with Crippen LogP contribution in [-0.2, 0) is 0 Å². The van der Waals surface area contributed by atoms with Gasteiger partial charge in [0.25, 0.3) is 0 Å². The normalized spacial score (nSPS) is 11.4. The summed E-state index contributed by atoms with van der Waals surface area (Å²) in [6.45, 7) is 0. The first-order valence-electron chi connectivity index (χ1n) is 10.6. The molecule has 0 unspecified atom stereocenters. The van der Waals surface area contributed by atoms with E-state index in [2.05, 4.69) is 132 Å². The van der Waals surface area contributed by atoms with Gasteiger partial charge in [-0.1, -0.05) is 66.7 Å². The first-order chi connectivity index (χ1) is 15.3. The third kappa shape index (κ3) is 2.80. The second kappa shape index (κ2) is 7.03. The van der Waals surface area contributed by atoms with Crippen LogP contribution >= 0.6 is 0 Å². The van der Waals surface area contributed by atoms with Gasteiger partial charge in [-0.3, -0.25) is 0 Å². The average molecular weight is 399 g/mol. The molecule has 2 heteroatoms. The molecular formula is C29H22N2. The Kier molecular flexibility index (Phi) is 4.03. The second-order valence-corrected chi connectivity index (χ2v) is 7.95. The van der Waals surface area contributed by atoms with Gasteiger partial charge in [0.15, 0.2) is 0 Å². The summed E-state index contributed by atoms with van der Waals surface area (Å²) >= 11 is 0. The minimum atomic E-state index is 1.18. The van der Waals surface area contributed by atoms with Gasteiger partial charge in [0.05, 0.1) is 16.7 Å². The fraction of sp³-hybridized carbons (Fsp3) is 0.0345. The maximum Gasteiger partial charge on any atom is 0.0562 e. The molecule has 5 aromatic carbocycles. The summed E-state index contributed by atoms with van der Waals surface area (Å²) in [6, 6.07) is 41.1. The molecule has 0 atom stereocenters. The van der Waals surface area contributed by atoms with Gasteiger partial charge in [-0.15, -0.1) is 0 Å². The summed E-state index contributed by atoms with van der Waals surface area (Å²) in [5.74, 6) is 0. The van der Waals surface area contributed by atoms with E-state index in [0.29, 0.717) is 0 Å². The summed E-state index contributed by atoms with van der Waals surface area (Å²) in [4.78, 5) is 2.28. The van der Waals surface area contributed by atoms with Crippen LogP contribution in [0.15, 0.2) is 115 Å². The van der Waals surface area contributed by atoms with Crippen molar-refractivity contribution in [2.45, 2.75) is 0 Å². The topological polar surface area (TPSA) is 8.17 Å². The summed E-state index contributed by atoms with van der Waals surface area (Å²) in [5, 5.41) is 5.07. The van der Waals surface area contributed by atoms with E-state index in [1.54, 1.807) is 0 Å². The molecule has 0 radical (unpaired) electrons. The van der Waals surface area contributed by atoms with Crippen molar-refractivity contribution in [3.05, 3.63) is 115 Å². The van der Waals surface area contributed by atoms with E-state index >= 15 is 0 Å². The number of anilines is 2. The quantitative estimate of drug-likeness (QED) is 0.296. The lowest BCUT2D eigenvalue weighted by Crippen LogP contribution is -2.09. The van der Waals surface area contributed by atoms with E-state index in [9.17, 15) is 0 Å². The molecule has 1 aromatic heterocycles. The van der Waals surface area contributed by atoms with Gasteiger partial charge in [-0.25, -0.2) is 0 Å². The van der Waals surface area contributed by atoms with Crippen LogP contribution in [-0.4, -0.2) is 11.6 Å². The Morgan fingerprint density at radius 3 is 1.97 bits per heavy atom. The van der Waals surface area contributed by atoms with E-state index in [0.717, 1.165) is 0 Å². The maximum absolute atomic E-state index is 2.39. The lowest BCUT2D eigenvalue weighted by atomic mass is 10.0. The van der Waals surface area contributed by atoms with Crippen molar-refractivity contribution in [1.29, 1.82) is 0 Å². The van der Waals surface area contributed by atoms with Gasteiger partial charge in [0, 0.05) is 29.2 Å². The Hall–Kier alpha value is -4.04. The van der Waals surface area contributed by atoms with E-state index in [-0.39, 0.29) is 0 Å². The van der Waals surface area contributed by atoms with Crippen LogP contribution in [0.1, 0.15) is 0 Å². The van der Waals surface area contributed by atoms with Crippen molar-refractivity contribution in [2.24, 2.45) is 0 Å². The molecule has 6 aromatic rings. The molecule has 0 aliphatic carbocycles. The number of nitrogens with zero attached hydrogens (tertiary/aromatic N) is 2. The van der Waals surface area contributed by atoms with E-state index in [4.69, 9.17) is 0 Å². The Bertz CT molecular complexity index is 1530. The highest BCUT2D eigenvalue weighted by Gasteiger charge is 2.18. The fourth-order valence-electron chi connectivity index (χ4n) is 4.66. The number of para-hydroxylation sites is 2. The minimum Gasteiger partial charge on any atom is -0.344 e. The molecule has 0 N–H and O–H groups in total. The monoisotopic (exact) mass is 398 g/mol. The van der Waals surface area contributed by atoms with Crippen LogP contribution in [0.2, 0.25) is 0 Å². The number of hydrogen-bond donors (Lipinski definition) is 0. The van der Waals surface area contributed by atoms with Crippen LogP contribution in [0, 0.1) is 0 Å². The number of aromatic nitrogens is 1. The Labute approximate surface area is 181 Å². The van der Waals surface area contributed by atoms with Crippen molar-refractivity contribution >= 4 is 44.0 Å². The molecule has 0 spiro atoms. The molecule has 31 heavy (non-hydrogen) atoms. The number of hydrogen-bond acceptors (Lipinski definition) is 1. The molecule has 0 fully saturated rings. The third-order valence-electron chi connectivity index (χ3n) is 6.15. The van der Waals surface area contributed by atoms with Crippen molar-refractivity contribution in [3.8, 4) is 5.69 Å². The van der Waals surface area contributed by atoms with Crippen LogP contribution in [0.25, 0.3) is 38.3 Å². The predicted molar refractivity (Wildman–Crippen MR) is 133 cm³/mol. The summed E-state index contributed by atoms with van der Waals surface area (Å²) in [5.41, 5.74) is 6.01. The van der Waals surface area contributed by atoms with Crippen molar-refractivity contribution in [1.82, 2.24) is 4.57 Å². The molecule has 0 aliphatic heterocycles. The number of fused-ring (bicyclic) bond motifs is 4. The van der Waals surface area contributed by atoms with Crippen LogP contribution in [0.3, 0.4) is 0 Å². The first-order valence-corrected chi connectivity index (χ1v) is 10.6. The largest absolute Gasteiger partial charge is 0.344 e. The highest BCUT2D eigenvalue weighted by molar-refractivity contribution is 6.18. The number of rotatable bonds is 3. The molecule has 0 saturated carbocycles. The zero-order valence-corrected chi connectivity index (χ0v) is 17.4. The van der Waals surface area contributed by atoms with Gasteiger partial charge >= 0.3 is 0 Å². The van der Waals surface area contributed by atoms with E-state index < -0.39 is 0 Å². The van der Waals surface area contributed by atoms with Gasteiger partial charge in [0.2, 0.25) is 0 Å². The van der Waals surface area contributed by atoms with E-state index in [1.807, 2.05) is 0 Å². The van der Waals surface area contributed by atoms with Crippen LogP contribution < -0.4 is 4.90 Å². The molecular weight excluding hydrogens is 376 g/mol. The molecule has 148 valence electrons. The van der Waals surface area contributed by atoms with E-state index in [1.165, 1.54) is 49.6 Å². The smallest absolute Gasteiger partial charge is 0.0562 e. The Morgan fingerprint density at radius 2 is 1.23 bits per heavy atom. The van der Waals surface area contributed by atoms with Crippen LogP contribution in [0.4, 0.5) is 11.4 Å². The number of benzene rings is 5. The second-order valence-electron chi connectivity index (χ2n) is 7.95. The highest BCUT2D eigenvalue weighted by atomic mass is 15.1. The Balaban J connectivity index is 1.76. The van der Waals surface area contributed by atoms with Gasteiger partial charge in [-0.05, 0) is 59.3 Å². The molecule has 6 rings (SSSR count). The summed E-state index contributed by atoms with van der Waals surface area (Å²) in [7, 11) is 2.15. The standard InChI is InChI=1S/C29H22N2/c1-30(23-13-4-2-5-14-23)26-17-10-18-27-29(26)25-19-21-11-8-9-12-22(21)20-28(25)31(27)24-15-6-3-7-16-24/h2-20H,1H3. The average Bonchev–Trinajstić information content (AvgIpc) is 3.16. The molecule has 0 bridgehead atoms. The lowest BCUT2D eigenvalue weighted by molar-refractivity contribution is 1.18. The molecule has 1 heterocycles. The van der Waals surface area contributed by atoms with Crippen molar-refractivity contribution in [2.75, 3.05) is 11.9 Å². The van der Waals surface area contributed by atoms with Crippen molar-refractivity contribution in [3.63, 3.8) is 0 Å². The zero-order chi connectivity index (χ0) is 20.8. The Morgan fingerprint density at radius 1 is 0.581 bits per heavy atom.